The van der Waals surface area contributed by atoms with Crippen molar-refractivity contribution < 1.29 is 19.3 Å². The Labute approximate surface area is 218 Å². The number of ketones is 2. The van der Waals surface area contributed by atoms with Crippen molar-refractivity contribution in [3.8, 4) is 0 Å². The van der Waals surface area contributed by atoms with E-state index in [9.17, 15) is 14.4 Å². The second kappa shape index (κ2) is 12.4. The van der Waals surface area contributed by atoms with Gasteiger partial charge in [0.2, 0.25) is 0 Å². The van der Waals surface area contributed by atoms with Crippen LogP contribution < -0.4 is 21.3 Å². The number of hydrogen-bond acceptors (Lipinski definition) is 6. The molecule has 2 aromatic rings. The Morgan fingerprint density at radius 1 is 1.00 bits per heavy atom. The van der Waals surface area contributed by atoms with Gasteiger partial charge in [0.25, 0.3) is 5.91 Å². The highest BCUT2D eigenvalue weighted by Gasteiger charge is 2.33. The van der Waals surface area contributed by atoms with Gasteiger partial charge in [-0.2, -0.15) is 11.8 Å². The molecule has 0 saturated heterocycles. The summed E-state index contributed by atoms with van der Waals surface area (Å²) in [6.45, 7) is 9.21. The van der Waals surface area contributed by atoms with Crippen molar-refractivity contribution in [3.05, 3.63) is 58.7 Å². The molecule has 1 amide bonds. The highest BCUT2D eigenvalue weighted by atomic mass is 32.2. The molecule has 0 fully saturated rings. The van der Waals surface area contributed by atoms with Crippen molar-refractivity contribution >= 4 is 40.6 Å². The van der Waals surface area contributed by atoms with Crippen LogP contribution in [0.3, 0.4) is 0 Å². The number of benzene rings is 2. The molecule has 5 N–H and O–H groups in total. The van der Waals surface area contributed by atoms with Gasteiger partial charge in [-0.15, -0.1) is 0 Å². The number of nitrogen functional groups attached to an aromatic ring is 1. The van der Waals surface area contributed by atoms with Crippen LogP contribution in [0, 0.1) is 0 Å². The molecule has 0 saturated carbocycles. The van der Waals surface area contributed by atoms with E-state index in [4.69, 9.17) is 5.73 Å². The molecule has 0 radical (unpaired) electrons. The molecular weight excluding hydrogens is 472 g/mol. The van der Waals surface area contributed by atoms with Gasteiger partial charge in [0.1, 0.15) is 0 Å². The number of thioether (sulfide) groups is 1. The molecule has 194 valence electrons. The predicted octanol–water partition coefficient (Wildman–Crippen LogP) is 2.79. The van der Waals surface area contributed by atoms with Crippen LogP contribution in [0.25, 0.3) is 0 Å². The van der Waals surface area contributed by atoms with Crippen molar-refractivity contribution in [2.45, 2.75) is 44.8 Å². The zero-order chi connectivity index (χ0) is 26.3. The molecule has 7 nitrogen and oxygen atoms in total. The Morgan fingerprint density at radius 2 is 1.64 bits per heavy atom. The van der Waals surface area contributed by atoms with Gasteiger partial charge in [-0.3, -0.25) is 14.4 Å². The van der Waals surface area contributed by atoms with Crippen LogP contribution in [-0.4, -0.2) is 61.2 Å². The summed E-state index contributed by atoms with van der Waals surface area (Å²) in [6.07, 6.45) is 3.05. The number of nitrogens with one attached hydrogen (secondary N) is 3. The average Bonchev–Trinajstić information content (AvgIpc) is 2.88. The van der Waals surface area contributed by atoms with Gasteiger partial charge in [0, 0.05) is 52.5 Å². The van der Waals surface area contributed by atoms with Crippen LogP contribution in [0.4, 0.5) is 11.4 Å². The molecule has 0 heterocycles. The van der Waals surface area contributed by atoms with Crippen LogP contribution in [-0.2, 0) is 4.79 Å². The van der Waals surface area contributed by atoms with Crippen LogP contribution in [0.2, 0.25) is 0 Å². The summed E-state index contributed by atoms with van der Waals surface area (Å²) in [6, 6.07) is 10.3. The van der Waals surface area contributed by atoms with Crippen LogP contribution in [0.15, 0.2) is 36.4 Å². The molecule has 2 aromatic carbocycles. The van der Waals surface area contributed by atoms with E-state index in [-0.39, 0.29) is 27.8 Å². The Bertz CT molecular complexity index is 1110. The number of carbonyl (C=O) groups is 3. The predicted molar refractivity (Wildman–Crippen MR) is 148 cm³/mol. The number of hydrogen-bond donors (Lipinski definition) is 4. The monoisotopic (exact) mass is 511 g/mol. The number of amides is 1. The topological polar surface area (TPSA) is 106 Å². The van der Waals surface area contributed by atoms with E-state index in [0.29, 0.717) is 47.7 Å². The summed E-state index contributed by atoms with van der Waals surface area (Å²) in [4.78, 5) is 39.6. The maximum absolute atomic E-state index is 13.2. The molecule has 3 rings (SSSR count). The number of anilines is 2. The largest absolute Gasteiger partial charge is 0.398 e. The fourth-order valence-corrected chi connectivity index (χ4v) is 5.48. The standard InChI is InChI=1S/C28H38N4O3S/c1-5-28(3,6-2)36-17-15-31-23(33)18-32(4)16-9-14-30-22-13-12-21(29)24-25(22)27(35)20-11-8-7-10-19(20)26(24)34/h7-8,10-13,30H,5-6,9,14-18,29H2,1-4H3,(H,31,33)/p+1. The summed E-state index contributed by atoms with van der Waals surface area (Å²) < 4.78 is 0.283. The first-order valence-electron chi connectivity index (χ1n) is 12.8. The van der Waals surface area contributed by atoms with E-state index in [2.05, 4.69) is 31.4 Å². The summed E-state index contributed by atoms with van der Waals surface area (Å²) in [7, 11) is 2.00. The van der Waals surface area contributed by atoms with E-state index in [1.807, 2.05) is 18.8 Å². The van der Waals surface area contributed by atoms with E-state index in [0.717, 1.165) is 36.5 Å². The van der Waals surface area contributed by atoms with Gasteiger partial charge in [0.15, 0.2) is 18.1 Å². The van der Waals surface area contributed by atoms with E-state index in [1.165, 1.54) is 0 Å². The second-order valence-electron chi connectivity index (χ2n) is 9.68. The van der Waals surface area contributed by atoms with Crippen LogP contribution in [0.1, 0.15) is 71.9 Å². The number of rotatable bonds is 13. The first kappa shape index (κ1) is 27.7. The lowest BCUT2D eigenvalue weighted by molar-refractivity contribution is -0.871. The average molecular weight is 512 g/mol. The van der Waals surface area contributed by atoms with E-state index in [1.54, 1.807) is 36.4 Å². The van der Waals surface area contributed by atoms with E-state index < -0.39 is 0 Å². The molecule has 1 unspecified atom stereocenters. The lowest BCUT2D eigenvalue weighted by Crippen LogP contribution is -3.10. The molecule has 1 aliphatic carbocycles. The van der Waals surface area contributed by atoms with Crippen LogP contribution >= 0.6 is 11.8 Å². The normalized spacial score (nSPS) is 13.7. The Balaban J connectivity index is 1.47. The van der Waals surface area contributed by atoms with Crippen molar-refractivity contribution in [1.29, 1.82) is 0 Å². The van der Waals surface area contributed by atoms with Gasteiger partial charge in [-0.05, 0) is 25.0 Å². The Kier molecular flexibility index (Phi) is 9.56. The SMILES string of the molecule is CCC(C)(CC)SCCNC(=O)C[NH+](C)CCCNc1ccc(N)c2c1C(=O)c1ccccc1C2=O. The molecule has 1 atom stereocenters. The summed E-state index contributed by atoms with van der Waals surface area (Å²) in [5.74, 6) is 0.575. The molecular formula is C28H39N4O3S+. The van der Waals surface area contributed by atoms with Gasteiger partial charge < -0.3 is 21.3 Å². The molecule has 0 bridgehead atoms. The zero-order valence-electron chi connectivity index (χ0n) is 21.8. The highest BCUT2D eigenvalue weighted by Crippen LogP contribution is 2.35. The fourth-order valence-electron chi connectivity index (χ4n) is 4.38. The number of fused-ring (bicyclic) bond motifs is 2. The molecule has 36 heavy (non-hydrogen) atoms. The van der Waals surface area contributed by atoms with Crippen molar-refractivity contribution in [2.24, 2.45) is 0 Å². The third-order valence-electron chi connectivity index (χ3n) is 7.04. The third kappa shape index (κ3) is 6.48. The highest BCUT2D eigenvalue weighted by molar-refractivity contribution is 8.00. The van der Waals surface area contributed by atoms with Crippen molar-refractivity contribution in [3.63, 3.8) is 0 Å². The fraction of sp³-hybridized carbons (Fsp3) is 0.464. The lowest BCUT2D eigenvalue weighted by atomic mass is 9.82. The van der Waals surface area contributed by atoms with Gasteiger partial charge in [-0.1, -0.05) is 45.0 Å². The minimum Gasteiger partial charge on any atom is -0.398 e. The second-order valence-corrected chi connectivity index (χ2v) is 11.4. The smallest absolute Gasteiger partial charge is 0.275 e. The zero-order valence-corrected chi connectivity index (χ0v) is 22.6. The summed E-state index contributed by atoms with van der Waals surface area (Å²) in [5, 5.41) is 6.34. The van der Waals surface area contributed by atoms with Gasteiger partial charge in [-0.25, -0.2) is 0 Å². The molecule has 0 aromatic heterocycles. The Hall–Kier alpha value is -2.84. The van der Waals surface area contributed by atoms with Gasteiger partial charge in [0.05, 0.1) is 24.7 Å². The molecule has 0 spiro atoms. The van der Waals surface area contributed by atoms with Crippen molar-refractivity contribution in [2.75, 3.05) is 50.0 Å². The molecule has 8 heteroatoms. The maximum Gasteiger partial charge on any atom is 0.275 e. The number of likely N-dealkylation sites (N-methyl/N-ethyl adjacent to an activating group) is 1. The summed E-state index contributed by atoms with van der Waals surface area (Å²) in [5.41, 5.74) is 8.45. The minimum absolute atomic E-state index is 0.0612. The third-order valence-corrected chi connectivity index (χ3v) is 8.72. The summed E-state index contributed by atoms with van der Waals surface area (Å²) >= 11 is 1.92. The minimum atomic E-state index is -0.219. The van der Waals surface area contributed by atoms with Crippen molar-refractivity contribution in [1.82, 2.24) is 5.32 Å². The number of carbonyl (C=O) groups excluding carboxylic acids is 3. The van der Waals surface area contributed by atoms with Gasteiger partial charge >= 0.3 is 0 Å². The van der Waals surface area contributed by atoms with E-state index >= 15 is 0 Å². The quantitative estimate of drug-likeness (QED) is 0.208. The maximum atomic E-state index is 13.2. The molecule has 0 aliphatic heterocycles. The Morgan fingerprint density at radius 3 is 2.28 bits per heavy atom. The molecule has 1 aliphatic rings. The number of nitrogens with two attached hydrogens (primary N) is 1. The lowest BCUT2D eigenvalue weighted by Gasteiger charge is -2.26. The number of quaternary nitrogens is 1. The first-order chi connectivity index (χ1) is 17.2. The van der Waals surface area contributed by atoms with Crippen LogP contribution in [0.5, 0.6) is 0 Å². The first-order valence-corrected chi connectivity index (χ1v) is 13.8.